The molecule has 0 aliphatic carbocycles. The van der Waals surface area contributed by atoms with Gasteiger partial charge in [-0.05, 0) is 31.2 Å². The zero-order valence-corrected chi connectivity index (χ0v) is 10.0. The Morgan fingerprint density at radius 3 is 2.11 bits per heavy atom. The van der Waals surface area contributed by atoms with Crippen LogP contribution in [0.1, 0.15) is 22.8 Å². The highest BCUT2D eigenvalue weighted by atomic mass is 16.6. The molecule has 3 heteroatoms. The van der Waals surface area contributed by atoms with Gasteiger partial charge in [-0.25, -0.2) is 0 Å². The van der Waals surface area contributed by atoms with E-state index in [4.69, 9.17) is 9.84 Å². The van der Waals surface area contributed by atoms with Gasteiger partial charge in [0.1, 0.15) is 5.75 Å². The van der Waals surface area contributed by atoms with E-state index in [1.165, 1.54) is 6.92 Å². The average Bonchev–Trinajstić information content (AvgIpc) is 2.39. The summed E-state index contributed by atoms with van der Waals surface area (Å²) in [6, 6.07) is 15.8. The summed E-state index contributed by atoms with van der Waals surface area (Å²) in [6.45, 7) is 1.53. The smallest absolute Gasteiger partial charge is 0.194 e. The Balaban J connectivity index is 2.17. The van der Waals surface area contributed by atoms with Gasteiger partial charge in [-0.3, -0.25) is 4.79 Å². The molecule has 0 aromatic heterocycles. The first kappa shape index (κ1) is 12.3. The maximum Gasteiger partial charge on any atom is 0.194 e. The minimum absolute atomic E-state index is 0.0285. The van der Waals surface area contributed by atoms with Crippen LogP contribution in [0, 0.1) is 0 Å². The third-order valence-corrected chi connectivity index (χ3v) is 2.46. The van der Waals surface area contributed by atoms with Crippen molar-refractivity contribution in [2.75, 3.05) is 0 Å². The van der Waals surface area contributed by atoms with Crippen LogP contribution < -0.4 is 4.74 Å². The molecule has 92 valence electrons. The molecule has 3 nitrogen and oxygen atoms in total. The maximum absolute atomic E-state index is 12.1. The molecular weight excluding hydrogens is 228 g/mol. The van der Waals surface area contributed by atoms with Crippen molar-refractivity contribution < 1.29 is 14.6 Å². The van der Waals surface area contributed by atoms with Gasteiger partial charge < -0.3 is 9.84 Å². The highest BCUT2D eigenvalue weighted by Crippen LogP contribution is 2.16. The Morgan fingerprint density at radius 1 is 1.00 bits per heavy atom. The number of rotatable bonds is 4. The van der Waals surface area contributed by atoms with E-state index in [9.17, 15) is 4.79 Å². The van der Waals surface area contributed by atoms with E-state index >= 15 is 0 Å². The van der Waals surface area contributed by atoms with Crippen molar-refractivity contribution in [3.05, 3.63) is 65.7 Å². The molecule has 0 bridgehead atoms. The largest absolute Gasteiger partial charge is 0.465 e. The van der Waals surface area contributed by atoms with E-state index in [-0.39, 0.29) is 5.78 Å². The van der Waals surface area contributed by atoms with Gasteiger partial charge in [0.2, 0.25) is 0 Å². The van der Waals surface area contributed by atoms with Gasteiger partial charge in [0.05, 0.1) is 0 Å². The summed E-state index contributed by atoms with van der Waals surface area (Å²) in [5, 5.41) is 9.07. The number of hydrogen-bond acceptors (Lipinski definition) is 3. The molecule has 0 heterocycles. The first-order valence-electron chi connectivity index (χ1n) is 5.71. The molecule has 0 saturated heterocycles. The second-order valence-electron chi connectivity index (χ2n) is 3.94. The van der Waals surface area contributed by atoms with E-state index in [2.05, 4.69) is 0 Å². The van der Waals surface area contributed by atoms with Gasteiger partial charge in [-0.15, -0.1) is 0 Å². The van der Waals surface area contributed by atoms with Crippen LogP contribution >= 0.6 is 0 Å². The normalized spacial score (nSPS) is 11.9. The van der Waals surface area contributed by atoms with Crippen LogP contribution in [-0.2, 0) is 0 Å². The van der Waals surface area contributed by atoms with Crippen molar-refractivity contribution in [3.63, 3.8) is 0 Å². The summed E-state index contributed by atoms with van der Waals surface area (Å²) in [5.74, 6) is 0.508. The molecule has 0 radical (unpaired) electrons. The molecule has 2 rings (SSSR count). The molecule has 0 amide bonds. The van der Waals surface area contributed by atoms with E-state index in [0.29, 0.717) is 16.9 Å². The molecule has 0 fully saturated rings. The number of aliphatic hydroxyl groups excluding tert-OH is 1. The lowest BCUT2D eigenvalue weighted by atomic mass is 10.0. The summed E-state index contributed by atoms with van der Waals surface area (Å²) in [6.07, 6.45) is -0.860. The number of ether oxygens (including phenoxy) is 1. The predicted molar refractivity (Wildman–Crippen MR) is 68.6 cm³/mol. The quantitative estimate of drug-likeness (QED) is 0.662. The predicted octanol–water partition coefficient (Wildman–Crippen LogP) is 2.63. The van der Waals surface area contributed by atoms with Gasteiger partial charge in [0, 0.05) is 11.1 Å². The third kappa shape index (κ3) is 2.96. The van der Waals surface area contributed by atoms with Crippen molar-refractivity contribution in [3.8, 4) is 5.75 Å². The zero-order chi connectivity index (χ0) is 13.0. The lowest BCUT2D eigenvalue weighted by Crippen LogP contribution is -2.09. The number of benzene rings is 2. The SMILES string of the molecule is CC(O)Oc1ccc(C(=O)c2ccccc2)cc1. The molecule has 2 aromatic carbocycles. The Bertz CT molecular complexity index is 515. The Morgan fingerprint density at radius 2 is 1.56 bits per heavy atom. The summed E-state index contributed by atoms with van der Waals surface area (Å²) in [4.78, 5) is 12.1. The Labute approximate surface area is 106 Å². The second kappa shape index (κ2) is 5.47. The third-order valence-electron chi connectivity index (χ3n) is 2.46. The van der Waals surface area contributed by atoms with Crippen molar-refractivity contribution >= 4 is 5.78 Å². The summed E-state index contributed by atoms with van der Waals surface area (Å²) in [7, 11) is 0. The van der Waals surface area contributed by atoms with Gasteiger partial charge in [-0.2, -0.15) is 0 Å². The van der Waals surface area contributed by atoms with E-state index in [0.717, 1.165) is 0 Å². The van der Waals surface area contributed by atoms with Gasteiger partial charge in [0.25, 0.3) is 0 Å². The molecule has 0 saturated carbocycles. The molecule has 0 spiro atoms. The van der Waals surface area contributed by atoms with Crippen molar-refractivity contribution in [2.24, 2.45) is 0 Å². The highest BCUT2D eigenvalue weighted by Gasteiger charge is 2.08. The topological polar surface area (TPSA) is 46.5 Å². The fourth-order valence-electron chi connectivity index (χ4n) is 1.64. The summed E-state index contributed by atoms with van der Waals surface area (Å²) in [5.41, 5.74) is 1.25. The van der Waals surface area contributed by atoms with E-state index < -0.39 is 6.29 Å². The summed E-state index contributed by atoms with van der Waals surface area (Å²) < 4.78 is 5.10. The maximum atomic E-state index is 12.1. The molecule has 2 aromatic rings. The number of hydrogen-bond donors (Lipinski definition) is 1. The van der Waals surface area contributed by atoms with Crippen LogP contribution in [0.3, 0.4) is 0 Å². The van der Waals surface area contributed by atoms with Crippen LogP contribution in [0.4, 0.5) is 0 Å². The number of ketones is 1. The molecule has 1 N–H and O–H groups in total. The fourth-order valence-corrected chi connectivity index (χ4v) is 1.64. The average molecular weight is 242 g/mol. The lowest BCUT2D eigenvalue weighted by molar-refractivity contribution is -0.000291. The summed E-state index contributed by atoms with van der Waals surface area (Å²) >= 11 is 0. The van der Waals surface area contributed by atoms with Crippen molar-refractivity contribution in [1.82, 2.24) is 0 Å². The standard InChI is InChI=1S/C15H14O3/c1-11(16)18-14-9-7-13(8-10-14)15(17)12-5-3-2-4-6-12/h2-11,16H,1H3. The Kier molecular flexibility index (Phi) is 3.75. The second-order valence-corrected chi connectivity index (χ2v) is 3.94. The van der Waals surface area contributed by atoms with Gasteiger partial charge in [-0.1, -0.05) is 30.3 Å². The fraction of sp³-hybridized carbons (Fsp3) is 0.133. The van der Waals surface area contributed by atoms with Crippen LogP contribution in [0.25, 0.3) is 0 Å². The Hall–Kier alpha value is -2.13. The van der Waals surface area contributed by atoms with Crippen LogP contribution in [0.15, 0.2) is 54.6 Å². The lowest BCUT2D eigenvalue weighted by Gasteiger charge is -2.08. The molecular formula is C15H14O3. The highest BCUT2D eigenvalue weighted by molar-refractivity contribution is 6.08. The van der Waals surface area contributed by atoms with Gasteiger partial charge >= 0.3 is 0 Å². The molecule has 0 aliphatic heterocycles. The van der Waals surface area contributed by atoms with Crippen LogP contribution in [0.5, 0.6) is 5.75 Å². The van der Waals surface area contributed by atoms with Crippen molar-refractivity contribution in [2.45, 2.75) is 13.2 Å². The van der Waals surface area contributed by atoms with Gasteiger partial charge in [0.15, 0.2) is 12.1 Å². The molecule has 18 heavy (non-hydrogen) atoms. The van der Waals surface area contributed by atoms with Crippen LogP contribution in [-0.4, -0.2) is 17.2 Å². The first-order chi connectivity index (χ1) is 8.66. The zero-order valence-electron chi connectivity index (χ0n) is 10.0. The number of carbonyl (C=O) groups is 1. The minimum atomic E-state index is -0.860. The van der Waals surface area contributed by atoms with E-state index in [1.54, 1.807) is 36.4 Å². The molecule has 1 atom stereocenters. The van der Waals surface area contributed by atoms with Crippen LogP contribution in [0.2, 0.25) is 0 Å². The minimum Gasteiger partial charge on any atom is -0.465 e. The number of aliphatic hydroxyl groups is 1. The molecule has 1 unspecified atom stereocenters. The van der Waals surface area contributed by atoms with E-state index in [1.807, 2.05) is 18.2 Å². The first-order valence-corrected chi connectivity index (χ1v) is 5.71. The monoisotopic (exact) mass is 242 g/mol. The van der Waals surface area contributed by atoms with Crippen molar-refractivity contribution in [1.29, 1.82) is 0 Å². The molecule has 0 aliphatic rings. The number of carbonyl (C=O) groups excluding carboxylic acids is 1.